The Morgan fingerprint density at radius 3 is 2.64 bits per heavy atom. The van der Waals surface area contributed by atoms with Crippen molar-refractivity contribution in [1.29, 1.82) is 0 Å². The Hall–Kier alpha value is -2.90. The van der Waals surface area contributed by atoms with Gasteiger partial charge in [0.25, 0.3) is 5.91 Å². The van der Waals surface area contributed by atoms with E-state index in [0.29, 0.717) is 18.7 Å². The van der Waals surface area contributed by atoms with Crippen molar-refractivity contribution >= 4 is 5.91 Å². The molecule has 3 aromatic heterocycles. The fraction of sp³-hybridized carbons (Fsp3) is 0.412. The standard InChI is InChI=1S/C17H23N7O/c1-10(6-14-7-11(2)19-20-14)18-17(25)16-8-15(21-22-16)9-24-13(4)5-12(3)23-24/h5,7-8,10H,6,9H2,1-4H3,(H,18,25)(H,19,20)(H,21,22)/t10-/m0/s1. The third kappa shape index (κ3) is 4.14. The second-order valence-electron chi connectivity index (χ2n) is 6.48. The zero-order valence-corrected chi connectivity index (χ0v) is 14.9. The quantitative estimate of drug-likeness (QED) is 0.634. The van der Waals surface area contributed by atoms with E-state index in [0.717, 1.165) is 28.5 Å². The van der Waals surface area contributed by atoms with Crippen molar-refractivity contribution in [3.63, 3.8) is 0 Å². The number of nitrogens with zero attached hydrogens (tertiary/aromatic N) is 4. The van der Waals surface area contributed by atoms with Crippen LogP contribution in [-0.4, -0.2) is 42.1 Å². The summed E-state index contributed by atoms with van der Waals surface area (Å²) in [4.78, 5) is 12.3. The van der Waals surface area contributed by atoms with Crippen LogP contribution in [0.2, 0.25) is 0 Å². The molecule has 0 radical (unpaired) electrons. The average molecular weight is 341 g/mol. The van der Waals surface area contributed by atoms with E-state index in [4.69, 9.17) is 0 Å². The zero-order chi connectivity index (χ0) is 18.0. The molecule has 3 N–H and O–H groups in total. The van der Waals surface area contributed by atoms with Gasteiger partial charge in [-0.3, -0.25) is 19.7 Å². The summed E-state index contributed by atoms with van der Waals surface area (Å²) in [6.07, 6.45) is 0.666. The van der Waals surface area contributed by atoms with Crippen molar-refractivity contribution in [2.45, 2.75) is 46.7 Å². The average Bonchev–Trinajstić information content (AvgIpc) is 3.22. The topological polar surface area (TPSA) is 104 Å². The largest absolute Gasteiger partial charge is 0.348 e. The van der Waals surface area contributed by atoms with Crippen molar-refractivity contribution in [1.82, 2.24) is 35.5 Å². The number of H-pyrrole nitrogens is 2. The molecule has 0 unspecified atom stereocenters. The van der Waals surface area contributed by atoms with E-state index in [9.17, 15) is 4.79 Å². The Kier molecular flexibility index (Phi) is 4.69. The van der Waals surface area contributed by atoms with Crippen LogP contribution in [0.15, 0.2) is 18.2 Å². The lowest BCUT2D eigenvalue weighted by molar-refractivity contribution is 0.0935. The summed E-state index contributed by atoms with van der Waals surface area (Å²) in [5.74, 6) is -0.198. The van der Waals surface area contributed by atoms with E-state index in [2.05, 4.69) is 30.8 Å². The van der Waals surface area contributed by atoms with Gasteiger partial charge in [0, 0.05) is 23.9 Å². The minimum Gasteiger partial charge on any atom is -0.348 e. The molecule has 25 heavy (non-hydrogen) atoms. The molecule has 0 saturated carbocycles. The molecule has 8 nitrogen and oxygen atoms in total. The van der Waals surface area contributed by atoms with Crippen molar-refractivity contribution in [3.8, 4) is 0 Å². The Labute approximate surface area is 146 Å². The van der Waals surface area contributed by atoms with Crippen molar-refractivity contribution in [3.05, 3.63) is 52.4 Å². The predicted octanol–water partition coefficient (Wildman–Crippen LogP) is 1.66. The van der Waals surface area contributed by atoms with Crippen molar-refractivity contribution < 1.29 is 4.79 Å². The number of carbonyl (C=O) groups excluding carboxylic acids is 1. The molecule has 0 aromatic carbocycles. The van der Waals surface area contributed by atoms with E-state index in [1.165, 1.54) is 0 Å². The highest BCUT2D eigenvalue weighted by molar-refractivity contribution is 5.92. The van der Waals surface area contributed by atoms with Gasteiger partial charge in [-0.2, -0.15) is 15.3 Å². The normalized spacial score (nSPS) is 12.3. The van der Waals surface area contributed by atoms with Gasteiger partial charge >= 0.3 is 0 Å². The Bertz CT molecular complexity index is 873. The zero-order valence-electron chi connectivity index (χ0n) is 14.9. The summed E-state index contributed by atoms with van der Waals surface area (Å²) in [5.41, 5.74) is 5.19. The van der Waals surface area contributed by atoms with E-state index < -0.39 is 0 Å². The second-order valence-corrected chi connectivity index (χ2v) is 6.48. The molecule has 3 aromatic rings. The third-order valence-electron chi connectivity index (χ3n) is 3.94. The molecule has 0 aliphatic rings. The van der Waals surface area contributed by atoms with E-state index in [1.54, 1.807) is 6.07 Å². The molecular weight excluding hydrogens is 318 g/mol. The van der Waals surface area contributed by atoms with Gasteiger partial charge in [0.1, 0.15) is 5.69 Å². The lowest BCUT2D eigenvalue weighted by atomic mass is 10.1. The highest BCUT2D eigenvalue weighted by Crippen LogP contribution is 2.08. The number of nitrogens with one attached hydrogen (secondary N) is 3. The molecule has 1 atom stereocenters. The number of aryl methyl sites for hydroxylation is 3. The van der Waals surface area contributed by atoms with Crippen LogP contribution in [0.1, 0.15) is 45.9 Å². The summed E-state index contributed by atoms with van der Waals surface area (Å²) < 4.78 is 1.88. The molecule has 8 heteroatoms. The van der Waals surface area contributed by atoms with Gasteiger partial charge in [0.2, 0.25) is 0 Å². The molecule has 1 amide bonds. The summed E-state index contributed by atoms with van der Waals surface area (Å²) in [5, 5.41) is 21.5. The SMILES string of the molecule is Cc1cc(C)n(Cc2cc(C(=O)N[C@@H](C)Cc3cc(C)[nH]n3)n[nH]2)n1. The number of aromatic nitrogens is 6. The predicted molar refractivity (Wildman–Crippen MR) is 93.3 cm³/mol. The van der Waals surface area contributed by atoms with Gasteiger partial charge in [0.15, 0.2) is 0 Å². The fourth-order valence-corrected chi connectivity index (χ4v) is 2.80. The molecule has 0 fully saturated rings. The van der Waals surface area contributed by atoms with Gasteiger partial charge in [0.05, 0.1) is 23.6 Å². The van der Waals surface area contributed by atoms with Gasteiger partial charge in [-0.15, -0.1) is 0 Å². The molecule has 3 rings (SSSR count). The molecule has 0 bridgehead atoms. The molecule has 3 heterocycles. The lowest BCUT2D eigenvalue weighted by Gasteiger charge is -2.11. The number of amides is 1. The molecule has 0 aliphatic carbocycles. The highest BCUT2D eigenvalue weighted by Gasteiger charge is 2.15. The maximum Gasteiger partial charge on any atom is 0.271 e. The maximum atomic E-state index is 12.3. The summed E-state index contributed by atoms with van der Waals surface area (Å²) in [7, 11) is 0. The monoisotopic (exact) mass is 341 g/mol. The number of hydrogen-bond acceptors (Lipinski definition) is 4. The molecule has 0 aliphatic heterocycles. The van der Waals surface area contributed by atoms with Gasteiger partial charge in [-0.1, -0.05) is 0 Å². The van der Waals surface area contributed by atoms with Gasteiger partial charge in [-0.05, 0) is 45.9 Å². The molecule has 132 valence electrons. The van der Waals surface area contributed by atoms with Crippen molar-refractivity contribution in [2.24, 2.45) is 0 Å². The first-order valence-electron chi connectivity index (χ1n) is 8.28. The van der Waals surface area contributed by atoms with E-state index >= 15 is 0 Å². The minimum atomic E-state index is -0.198. The number of hydrogen-bond donors (Lipinski definition) is 3. The third-order valence-corrected chi connectivity index (χ3v) is 3.94. The molecule has 0 saturated heterocycles. The second kappa shape index (κ2) is 6.92. The van der Waals surface area contributed by atoms with E-state index in [-0.39, 0.29) is 11.9 Å². The maximum absolute atomic E-state index is 12.3. The van der Waals surface area contributed by atoms with Crippen LogP contribution >= 0.6 is 0 Å². The Morgan fingerprint density at radius 2 is 2.00 bits per heavy atom. The smallest absolute Gasteiger partial charge is 0.271 e. The Morgan fingerprint density at radius 1 is 1.20 bits per heavy atom. The summed E-state index contributed by atoms with van der Waals surface area (Å²) in [6, 6.07) is 5.72. The van der Waals surface area contributed by atoms with Crippen LogP contribution < -0.4 is 5.32 Å². The fourth-order valence-electron chi connectivity index (χ4n) is 2.80. The summed E-state index contributed by atoms with van der Waals surface area (Å²) >= 11 is 0. The van der Waals surface area contributed by atoms with Gasteiger partial charge < -0.3 is 5.32 Å². The lowest BCUT2D eigenvalue weighted by Crippen LogP contribution is -2.34. The van der Waals surface area contributed by atoms with Gasteiger partial charge in [-0.25, -0.2) is 0 Å². The summed E-state index contributed by atoms with van der Waals surface area (Å²) in [6.45, 7) is 8.42. The Balaban J connectivity index is 1.59. The molecular formula is C17H23N7O. The van der Waals surface area contributed by atoms with Crippen LogP contribution in [0.5, 0.6) is 0 Å². The highest BCUT2D eigenvalue weighted by atomic mass is 16.2. The first-order valence-corrected chi connectivity index (χ1v) is 8.28. The number of rotatable bonds is 6. The first-order chi connectivity index (χ1) is 11.9. The number of carbonyl (C=O) groups is 1. The van der Waals surface area contributed by atoms with Crippen LogP contribution in [0.25, 0.3) is 0 Å². The van der Waals surface area contributed by atoms with E-state index in [1.807, 2.05) is 44.5 Å². The minimum absolute atomic E-state index is 0.0358. The molecule has 0 spiro atoms. The first kappa shape index (κ1) is 16.9. The number of aromatic amines is 2. The van der Waals surface area contributed by atoms with Crippen LogP contribution in [0.3, 0.4) is 0 Å². The van der Waals surface area contributed by atoms with Crippen LogP contribution in [0, 0.1) is 20.8 Å². The van der Waals surface area contributed by atoms with Crippen molar-refractivity contribution in [2.75, 3.05) is 0 Å². The van der Waals surface area contributed by atoms with Crippen LogP contribution in [0.4, 0.5) is 0 Å². The van der Waals surface area contributed by atoms with Crippen LogP contribution in [-0.2, 0) is 13.0 Å².